The van der Waals surface area contributed by atoms with E-state index in [0.29, 0.717) is 18.8 Å². The van der Waals surface area contributed by atoms with E-state index in [9.17, 15) is 23.1 Å². The highest BCUT2D eigenvalue weighted by Gasteiger charge is 2.42. The summed E-state index contributed by atoms with van der Waals surface area (Å²) < 4.78 is 22.0. The number of urea groups is 1. The number of nitrogens with one attached hydrogen (secondary N) is 2. The normalized spacial score (nSPS) is 26.1. The van der Waals surface area contributed by atoms with Crippen LogP contribution in [0.1, 0.15) is 39.0 Å². The van der Waals surface area contributed by atoms with Crippen LogP contribution in [0.3, 0.4) is 0 Å². The Bertz CT molecular complexity index is 481. The molecule has 0 saturated heterocycles. The van der Waals surface area contributed by atoms with Gasteiger partial charge in [-0.1, -0.05) is 13.3 Å². The second kappa shape index (κ2) is 7.11. The van der Waals surface area contributed by atoms with Crippen LogP contribution in [-0.4, -0.2) is 49.6 Å². The molecule has 2 amide bonds. The molecule has 0 aromatic rings. The third kappa shape index (κ3) is 5.53. The van der Waals surface area contributed by atoms with Gasteiger partial charge in [0, 0.05) is 12.8 Å². The number of carbonyl (C=O) groups is 2. The molecule has 0 radical (unpaired) electrons. The molecule has 122 valence electrons. The lowest BCUT2D eigenvalue weighted by Crippen LogP contribution is -2.59. The summed E-state index contributed by atoms with van der Waals surface area (Å²) in [6.07, 6.45) is 4.44. The predicted molar refractivity (Wildman–Crippen MR) is 78.9 cm³/mol. The lowest BCUT2D eigenvalue weighted by Gasteiger charge is -2.37. The highest BCUT2D eigenvalue weighted by Crippen LogP contribution is 2.33. The molecule has 0 aromatic carbocycles. The molecule has 0 spiro atoms. The number of carboxylic acids is 1. The van der Waals surface area contributed by atoms with Gasteiger partial charge in [-0.05, 0) is 31.6 Å². The average molecular weight is 320 g/mol. The summed E-state index contributed by atoms with van der Waals surface area (Å²) in [5.41, 5.74) is -1.24. The molecular formula is C13H24N2O5S. The van der Waals surface area contributed by atoms with Crippen molar-refractivity contribution in [3.05, 3.63) is 0 Å². The maximum absolute atomic E-state index is 11.8. The van der Waals surface area contributed by atoms with E-state index in [1.54, 1.807) is 0 Å². The zero-order valence-corrected chi connectivity index (χ0v) is 13.3. The molecule has 21 heavy (non-hydrogen) atoms. The Balaban J connectivity index is 2.55. The fourth-order valence-corrected chi connectivity index (χ4v) is 3.06. The second-order valence-electron chi connectivity index (χ2n) is 5.75. The van der Waals surface area contributed by atoms with Crippen molar-refractivity contribution in [1.82, 2.24) is 10.6 Å². The molecule has 0 aromatic heterocycles. The van der Waals surface area contributed by atoms with Crippen LogP contribution < -0.4 is 10.6 Å². The van der Waals surface area contributed by atoms with Crippen LogP contribution in [0.5, 0.6) is 0 Å². The summed E-state index contributed by atoms with van der Waals surface area (Å²) in [5.74, 6) is -0.693. The molecule has 7 nitrogen and oxygen atoms in total. The van der Waals surface area contributed by atoms with E-state index in [2.05, 4.69) is 17.6 Å². The standard InChI is InChI=1S/C13H24N2O5S/c1-3-10-4-6-13(7-5-10,11(16)17)15-12(18)14-8-9-21(2,19)20/h10H,3-9H2,1-2H3,(H,16,17)(H2,14,15,18). The van der Waals surface area contributed by atoms with Gasteiger partial charge in [-0.15, -0.1) is 0 Å². The molecule has 1 rings (SSSR count). The van der Waals surface area contributed by atoms with E-state index in [0.717, 1.165) is 25.5 Å². The summed E-state index contributed by atoms with van der Waals surface area (Å²) in [5, 5.41) is 14.3. The first kappa shape index (κ1) is 17.7. The van der Waals surface area contributed by atoms with Gasteiger partial charge in [-0.3, -0.25) is 0 Å². The van der Waals surface area contributed by atoms with Gasteiger partial charge >= 0.3 is 12.0 Å². The zero-order chi connectivity index (χ0) is 16.1. The number of hydrogen-bond acceptors (Lipinski definition) is 4. The number of carboxylic acid groups (broad SMARTS) is 1. The summed E-state index contributed by atoms with van der Waals surface area (Å²) in [7, 11) is -3.15. The van der Waals surface area contributed by atoms with Crippen LogP contribution >= 0.6 is 0 Å². The molecule has 8 heteroatoms. The fourth-order valence-electron chi connectivity index (χ4n) is 2.58. The first-order valence-electron chi connectivity index (χ1n) is 7.15. The topological polar surface area (TPSA) is 113 Å². The van der Waals surface area contributed by atoms with Gasteiger partial charge in [0.15, 0.2) is 0 Å². The van der Waals surface area contributed by atoms with E-state index in [-0.39, 0.29) is 12.3 Å². The molecule has 0 bridgehead atoms. The lowest BCUT2D eigenvalue weighted by molar-refractivity contribution is -0.146. The maximum atomic E-state index is 11.8. The first-order valence-corrected chi connectivity index (χ1v) is 9.22. The largest absolute Gasteiger partial charge is 0.480 e. The minimum absolute atomic E-state index is 0.0298. The van der Waals surface area contributed by atoms with Crippen LogP contribution in [0.25, 0.3) is 0 Å². The summed E-state index contributed by atoms with van der Waals surface area (Å²) in [4.78, 5) is 23.3. The third-order valence-corrected chi connectivity index (χ3v) is 5.00. The molecule has 0 heterocycles. The average Bonchev–Trinajstić information content (AvgIpc) is 2.37. The Morgan fingerprint density at radius 3 is 2.29 bits per heavy atom. The lowest BCUT2D eigenvalue weighted by atomic mass is 9.75. The van der Waals surface area contributed by atoms with Crippen LogP contribution in [0.15, 0.2) is 0 Å². The van der Waals surface area contributed by atoms with Crippen LogP contribution in [0, 0.1) is 5.92 Å². The minimum Gasteiger partial charge on any atom is -0.480 e. The van der Waals surface area contributed by atoms with E-state index in [1.165, 1.54) is 0 Å². The first-order chi connectivity index (χ1) is 9.68. The molecule has 0 unspecified atom stereocenters. The number of carbonyl (C=O) groups excluding carboxylic acids is 1. The summed E-state index contributed by atoms with van der Waals surface area (Å²) >= 11 is 0. The monoisotopic (exact) mass is 320 g/mol. The number of hydrogen-bond donors (Lipinski definition) is 3. The molecule has 1 aliphatic rings. The molecule has 1 saturated carbocycles. The molecule has 1 aliphatic carbocycles. The van der Waals surface area contributed by atoms with Crippen molar-refractivity contribution in [1.29, 1.82) is 0 Å². The number of amides is 2. The van der Waals surface area contributed by atoms with Crippen molar-refractivity contribution in [2.75, 3.05) is 18.6 Å². The third-order valence-electron chi connectivity index (χ3n) is 4.06. The van der Waals surface area contributed by atoms with Crippen LogP contribution in [0.2, 0.25) is 0 Å². The van der Waals surface area contributed by atoms with E-state index in [4.69, 9.17) is 0 Å². The van der Waals surface area contributed by atoms with Gasteiger partial charge in [0.1, 0.15) is 15.4 Å². The van der Waals surface area contributed by atoms with Crippen molar-refractivity contribution in [3.63, 3.8) is 0 Å². The number of rotatable bonds is 6. The van der Waals surface area contributed by atoms with Gasteiger partial charge in [-0.25, -0.2) is 18.0 Å². The van der Waals surface area contributed by atoms with E-state index < -0.39 is 27.4 Å². The summed E-state index contributed by atoms with van der Waals surface area (Å²) in [6, 6.07) is -0.629. The predicted octanol–water partition coefficient (Wildman–Crippen LogP) is 0.754. The van der Waals surface area contributed by atoms with Crippen molar-refractivity contribution in [2.45, 2.75) is 44.6 Å². The Morgan fingerprint density at radius 1 is 1.29 bits per heavy atom. The van der Waals surface area contributed by atoms with Crippen LogP contribution in [0.4, 0.5) is 4.79 Å². The second-order valence-corrected chi connectivity index (χ2v) is 8.01. The smallest absolute Gasteiger partial charge is 0.329 e. The maximum Gasteiger partial charge on any atom is 0.329 e. The fraction of sp³-hybridized carbons (Fsp3) is 0.846. The summed E-state index contributed by atoms with van der Waals surface area (Å²) in [6.45, 7) is 2.04. The van der Waals surface area contributed by atoms with Gasteiger partial charge in [0.2, 0.25) is 0 Å². The van der Waals surface area contributed by atoms with Gasteiger partial charge in [0.25, 0.3) is 0 Å². The Kier molecular flexibility index (Phi) is 6.00. The SMILES string of the molecule is CCC1CCC(NC(=O)NCCS(C)(=O)=O)(C(=O)O)CC1. The van der Waals surface area contributed by atoms with Crippen LogP contribution in [-0.2, 0) is 14.6 Å². The minimum atomic E-state index is -3.15. The van der Waals surface area contributed by atoms with Gasteiger partial charge < -0.3 is 15.7 Å². The molecule has 0 aliphatic heterocycles. The molecule has 3 N–H and O–H groups in total. The van der Waals surface area contributed by atoms with Crippen molar-refractivity contribution < 1.29 is 23.1 Å². The van der Waals surface area contributed by atoms with E-state index >= 15 is 0 Å². The highest BCUT2D eigenvalue weighted by molar-refractivity contribution is 7.90. The molecular weight excluding hydrogens is 296 g/mol. The van der Waals surface area contributed by atoms with Crippen molar-refractivity contribution in [2.24, 2.45) is 5.92 Å². The van der Waals surface area contributed by atoms with Crippen molar-refractivity contribution >= 4 is 21.8 Å². The quantitative estimate of drug-likeness (QED) is 0.668. The molecule has 0 atom stereocenters. The Labute approximate surface area is 125 Å². The Hall–Kier alpha value is -1.31. The molecule has 1 fully saturated rings. The van der Waals surface area contributed by atoms with Crippen molar-refractivity contribution in [3.8, 4) is 0 Å². The van der Waals surface area contributed by atoms with E-state index in [1.807, 2.05) is 0 Å². The van der Waals surface area contributed by atoms with Gasteiger partial charge in [-0.2, -0.15) is 0 Å². The number of aliphatic carboxylic acids is 1. The zero-order valence-electron chi connectivity index (χ0n) is 12.5. The Morgan fingerprint density at radius 2 is 1.86 bits per heavy atom. The highest BCUT2D eigenvalue weighted by atomic mass is 32.2. The number of sulfone groups is 1. The van der Waals surface area contributed by atoms with Gasteiger partial charge in [0.05, 0.1) is 5.75 Å².